The van der Waals surface area contributed by atoms with Gasteiger partial charge in [-0.05, 0) is 6.92 Å². The third-order valence-electron chi connectivity index (χ3n) is 2.29. The van der Waals surface area contributed by atoms with Crippen molar-refractivity contribution in [3.8, 4) is 0 Å². The highest BCUT2D eigenvalue weighted by atomic mass is 16.4. The molecule has 0 spiro atoms. The van der Waals surface area contributed by atoms with Crippen molar-refractivity contribution in [2.45, 2.75) is 19.8 Å². The van der Waals surface area contributed by atoms with Gasteiger partial charge < -0.3 is 9.52 Å². The van der Waals surface area contributed by atoms with E-state index in [1.165, 1.54) is 0 Å². The molecule has 2 aromatic rings. The predicted molar refractivity (Wildman–Crippen MR) is 53.7 cm³/mol. The fourth-order valence-electron chi connectivity index (χ4n) is 1.62. The minimum absolute atomic E-state index is 0.0753. The van der Waals surface area contributed by atoms with Crippen molar-refractivity contribution in [2.75, 3.05) is 0 Å². The van der Waals surface area contributed by atoms with E-state index in [0.29, 0.717) is 17.7 Å². The molecule has 2 aromatic heterocycles. The molecule has 80 valence electrons. The Balaban J connectivity index is 2.38. The third-order valence-corrected chi connectivity index (χ3v) is 2.29. The van der Waals surface area contributed by atoms with Crippen LogP contribution in [0.25, 0.3) is 11.1 Å². The molecule has 5 nitrogen and oxygen atoms in total. The van der Waals surface area contributed by atoms with Gasteiger partial charge >= 0.3 is 5.97 Å². The van der Waals surface area contributed by atoms with Crippen LogP contribution in [0.5, 0.6) is 0 Å². The van der Waals surface area contributed by atoms with Crippen LogP contribution in [-0.4, -0.2) is 20.9 Å². The molecule has 0 amide bonds. The van der Waals surface area contributed by atoms with Gasteiger partial charge in [-0.3, -0.25) is 9.48 Å². The summed E-state index contributed by atoms with van der Waals surface area (Å²) in [6.07, 6.45) is 0.478. The van der Waals surface area contributed by atoms with Crippen molar-refractivity contribution in [2.24, 2.45) is 7.05 Å². The number of rotatable bonds is 3. The first-order chi connectivity index (χ1) is 7.08. The lowest BCUT2D eigenvalue weighted by Crippen LogP contribution is -1.99. The molecule has 0 aliphatic rings. The number of hydrogen-bond acceptors (Lipinski definition) is 3. The van der Waals surface area contributed by atoms with E-state index in [1.807, 2.05) is 20.0 Å². The van der Waals surface area contributed by atoms with Crippen LogP contribution < -0.4 is 0 Å². The van der Waals surface area contributed by atoms with Crippen LogP contribution in [0.4, 0.5) is 0 Å². The third kappa shape index (κ3) is 1.72. The minimum Gasteiger partial charge on any atom is -0.481 e. The van der Waals surface area contributed by atoms with Gasteiger partial charge in [-0.1, -0.05) is 0 Å². The zero-order chi connectivity index (χ0) is 11.0. The predicted octanol–water partition coefficient (Wildman–Crippen LogP) is 1.49. The van der Waals surface area contributed by atoms with Crippen molar-refractivity contribution in [1.82, 2.24) is 9.78 Å². The van der Waals surface area contributed by atoms with Crippen LogP contribution in [0.15, 0.2) is 10.5 Å². The molecule has 0 aromatic carbocycles. The maximum absolute atomic E-state index is 10.5. The van der Waals surface area contributed by atoms with Crippen LogP contribution in [0.2, 0.25) is 0 Å². The highest BCUT2D eigenvalue weighted by molar-refractivity contribution is 5.77. The van der Waals surface area contributed by atoms with Gasteiger partial charge in [0.25, 0.3) is 0 Å². The average Bonchev–Trinajstić information content (AvgIpc) is 2.64. The summed E-state index contributed by atoms with van der Waals surface area (Å²) in [6.45, 7) is 1.86. The van der Waals surface area contributed by atoms with Crippen molar-refractivity contribution in [3.05, 3.63) is 17.5 Å². The number of nitrogens with zero attached hydrogens (tertiary/aromatic N) is 2. The zero-order valence-corrected chi connectivity index (χ0v) is 8.65. The summed E-state index contributed by atoms with van der Waals surface area (Å²) in [7, 11) is 1.82. The summed E-state index contributed by atoms with van der Waals surface area (Å²) in [6, 6.07) is 1.90. The number of aryl methyl sites for hydroxylation is 3. The van der Waals surface area contributed by atoms with Crippen LogP contribution in [0.3, 0.4) is 0 Å². The van der Waals surface area contributed by atoms with E-state index in [4.69, 9.17) is 9.52 Å². The number of fused-ring (bicyclic) bond motifs is 1. The Morgan fingerprint density at radius 3 is 3.07 bits per heavy atom. The summed E-state index contributed by atoms with van der Waals surface area (Å²) in [5, 5.41) is 12.8. The van der Waals surface area contributed by atoms with Crippen LogP contribution in [0, 0.1) is 6.92 Å². The lowest BCUT2D eigenvalue weighted by atomic mass is 10.2. The van der Waals surface area contributed by atoms with Gasteiger partial charge in [0.2, 0.25) is 0 Å². The molecule has 0 aliphatic heterocycles. The Morgan fingerprint density at radius 2 is 2.40 bits per heavy atom. The van der Waals surface area contributed by atoms with E-state index in [2.05, 4.69) is 5.10 Å². The van der Waals surface area contributed by atoms with E-state index >= 15 is 0 Å². The molecule has 0 radical (unpaired) electrons. The standard InChI is InChI=1S/C10H12N2O3/c1-6-5-8-10(15-6)7(11-12(8)2)3-4-9(13)14/h5H,3-4H2,1-2H3,(H,13,14). The van der Waals surface area contributed by atoms with Gasteiger partial charge in [-0.25, -0.2) is 0 Å². The Bertz CT molecular complexity index is 510. The number of carboxylic acids is 1. The SMILES string of the molecule is Cc1cc2c(o1)c(CCC(=O)O)nn2C. The van der Waals surface area contributed by atoms with Gasteiger partial charge in [0.15, 0.2) is 5.58 Å². The van der Waals surface area contributed by atoms with E-state index in [-0.39, 0.29) is 6.42 Å². The summed E-state index contributed by atoms with van der Waals surface area (Å²) in [5.41, 5.74) is 2.33. The minimum atomic E-state index is -0.822. The number of carbonyl (C=O) groups is 1. The van der Waals surface area contributed by atoms with E-state index in [0.717, 1.165) is 11.3 Å². The normalized spacial score (nSPS) is 11.1. The lowest BCUT2D eigenvalue weighted by molar-refractivity contribution is -0.136. The fraction of sp³-hybridized carbons (Fsp3) is 0.400. The molecular formula is C10H12N2O3. The maximum atomic E-state index is 10.5. The van der Waals surface area contributed by atoms with Crippen LogP contribution in [0.1, 0.15) is 17.9 Å². The highest BCUT2D eigenvalue weighted by Crippen LogP contribution is 2.22. The smallest absolute Gasteiger partial charge is 0.303 e. The Hall–Kier alpha value is -1.78. The lowest BCUT2D eigenvalue weighted by Gasteiger charge is -1.92. The number of furan rings is 1. The molecule has 0 fully saturated rings. The van der Waals surface area contributed by atoms with Gasteiger partial charge in [0.1, 0.15) is 17.0 Å². The second kappa shape index (κ2) is 3.42. The van der Waals surface area contributed by atoms with Crippen LogP contribution >= 0.6 is 0 Å². The molecule has 2 rings (SSSR count). The molecule has 15 heavy (non-hydrogen) atoms. The molecule has 0 saturated heterocycles. The van der Waals surface area contributed by atoms with Gasteiger partial charge in [-0.15, -0.1) is 0 Å². The van der Waals surface area contributed by atoms with Crippen molar-refractivity contribution in [3.63, 3.8) is 0 Å². The topological polar surface area (TPSA) is 68.3 Å². The van der Waals surface area contributed by atoms with Gasteiger partial charge in [-0.2, -0.15) is 5.10 Å². The Morgan fingerprint density at radius 1 is 1.67 bits per heavy atom. The van der Waals surface area contributed by atoms with Crippen molar-refractivity contribution < 1.29 is 14.3 Å². The van der Waals surface area contributed by atoms with E-state index in [1.54, 1.807) is 4.68 Å². The molecule has 0 bridgehead atoms. The monoisotopic (exact) mass is 208 g/mol. The first kappa shape index (κ1) is 9.76. The maximum Gasteiger partial charge on any atom is 0.303 e. The molecule has 1 N–H and O–H groups in total. The Kier molecular flexibility index (Phi) is 2.22. The summed E-state index contributed by atoms with van der Waals surface area (Å²) in [5.74, 6) is -0.00773. The second-order valence-electron chi connectivity index (χ2n) is 3.54. The number of aromatic nitrogens is 2. The van der Waals surface area contributed by atoms with Crippen molar-refractivity contribution in [1.29, 1.82) is 0 Å². The molecule has 0 saturated carbocycles. The van der Waals surface area contributed by atoms with Gasteiger partial charge in [0, 0.05) is 19.5 Å². The number of aliphatic carboxylic acids is 1. The first-order valence-electron chi connectivity index (χ1n) is 4.71. The van der Waals surface area contributed by atoms with E-state index < -0.39 is 5.97 Å². The molecule has 2 heterocycles. The highest BCUT2D eigenvalue weighted by Gasteiger charge is 2.13. The fourth-order valence-corrected chi connectivity index (χ4v) is 1.62. The van der Waals surface area contributed by atoms with E-state index in [9.17, 15) is 4.79 Å². The Labute approximate surface area is 86.3 Å². The largest absolute Gasteiger partial charge is 0.481 e. The van der Waals surface area contributed by atoms with Crippen molar-refractivity contribution >= 4 is 17.1 Å². The number of carboxylic acid groups (broad SMARTS) is 1. The average molecular weight is 208 g/mol. The first-order valence-corrected chi connectivity index (χ1v) is 4.71. The number of hydrogen-bond donors (Lipinski definition) is 1. The zero-order valence-electron chi connectivity index (χ0n) is 8.65. The quantitative estimate of drug-likeness (QED) is 0.829. The molecular weight excluding hydrogens is 196 g/mol. The van der Waals surface area contributed by atoms with Crippen LogP contribution in [-0.2, 0) is 18.3 Å². The second-order valence-corrected chi connectivity index (χ2v) is 3.54. The van der Waals surface area contributed by atoms with Gasteiger partial charge in [0.05, 0.1) is 6.42 Å². The summed E-state index contributed by atoms with van der Waals surface area (Å²) in [4.78, 5) is 10.5. The summed E-state index contributed by atoms with van der Waals surface area (Å²) < 4.78 is 7.19. The molecule has 0 aliphatic carbocycles. The molecule has 0 unspecified atom stereocenters. The summed E-state index contributed by atoms with van der Waals surface area (Å²) >= 11 is 0. The molecule has 5 heteroatoms. The molecule has 0 atom stereocenters.